The van der Waals surface area contributed by atoms with Crippen molar-refractivity contribution in [3.05, 3.63) is 29.8 Å². The van der Waals surface area contributed by atoms with E-state index in [2.05, 4.69) is 5.32 Å². The van der Waals surface area contributed by atoms with E-state index >= 15 is 0 Å². The summed E-state index contributed by atoms with van der Waals surface area (Å²) in [7, 11) is 1.57. The lowest BCUT2D eigenvalue weighted by atomic mass is 10.0. The fraction of sp³-hybridized carbons (Fsp3) is 0.526. The van der Waals surface area contributed by atoms with Crippen molar-refractivity contribution in [1.82, 2.24) is 10.2 Å². The zero-order valence-electron chi connectivity index (χ0n) is 16.0. The van der Waals surface area contributed by atoms with Gasteiger partial charge in [0.2, 0.25) is 5.91 Å². The third kappa shape index (κ3) is 5.07. The smallest absolute Gasteiger partial charge is 0.405 e. The van der Waals surface area contributed by atoms with E-state index in [9.17, 15) is 24.3 Å². The number of nitriles is 1. The maximum atomic E-state index is 13.7. The van der Waals surface area contributed by atoms with Crippen LogP contribution < -0.4 is 10.1 Å². The first-order valence-corrected chi connectivity index (χ1v) is 9.77. The van der Waals surface area contributed by atoms with Gasteiger partial charge in [-0.1, -0.05) is 18.2 Å². The van der Waals surface area contributed by atoms with E-state index in [1.54, 1.807) is 21.0 Å². The molecule has 28 heavy (non-hydrogen) atoms. The quantitative estimate of drug-likeness (QED) is 0.718. The number of carbonyl (C=O) groups excluding carboxylic acids is 1. The van der Waals surface area contributed by atoms with E-state index in [-0.39, 0.29) is 13.0 Å². The first kappa shape index (κ1) is 21.8. The lowest BCUT2D eigenvalue weighted by Gasteiger charge is -2.36. The van der Waals surface area contributed by atoms with Gasteiger partial charge in [0, 0.05) is 22.5 Å². The number of halogens is 1. The minimum Gasteiger partial charge on any atom is -0.496 e. The molecule has 0 aliphatic carbocycles. The van der Waals surface area contributed by atoms with Gasteiger partial charge in [-0.15, -0.1) is 11.8 Å². The van der Waals surface area contributed by atoms with Crippen molar-refractivity contribution in [1.29, 1.82) is 5.26 Å². The maximum Gasteiger partial charge on any atom is 0.405 e. The Balaban J connectivity index is 2.21. The van der Waals surface area contributed by atoms with Crippen LogP contribution >= 0.6 is 11.8 Å². The monoisotopic (exact) mass is 409 g/mol. The fourth-order valence-electron chi connectivity index (χ4n) is 3.14. The first-order valence-electron chi connectivity index (χ1n) is 8.79. The summed E-state index contributed by atoms with van der Waals surface area (Å²) >= 11 is 1.38. The molecule has 152 valence electrons. The molecule has 0 bridgehead atoms. The molecule has 1 aromatic rings. The standard InChI is InChI=1S/C19H24FN3O4S/c1-19(2,28-11-12-6-4-5-7-15(12)27-3)16(22-18(25)26)17(24)23-10-13(20)8-14(23)9-21/h4-7,13-14,16,22H,8,10-11H2,1-3H3,(H,25,26)/t13-,14-,16+/m0/s1. The Kier molecular flexibility index (Phi) is 7.13. The molecule has 0 aromatic heterocycles. The molecule has 3 atom stereocenters. The Labute approximate surface area is 167 Å². The molecule has 1 aromatic carbocycles. The summed E-state index contributed by atoms with van der Waals surface area (Å²) in [6.45, 7) is 3.29. The van der Waals surface area contributed by atoms with Crippen molar-refractivity contribution in [3.8, 4) is 11.8 Å². The van der Waals surface area contributed by atoms with Crippen LogP contribution in [0.25, 0.3) is 0 Å². The molecule has 9 heteroatoms. The van der Waals surface area contributed by atoms with Crippen LogP contribution in [0.5, 0.6) is 5.75 Å². The number of para-hydroxylation sites is 1. The molecule has 1 aliphatic rings. The van der Waals surface area contributed by atoms with Gasteiger partial charge < -0.3 is 20.1 Å². The Morgan fingerprint density at radius 1 is 1.50 bits per heavy atom. The molecule has 1 fully saturated rings. The molecule has 0 radical (unpaired) electrons. The van der Waals surface area contributed by atoms with E-state index in [1.165, 1.54) is 11.8 Å². The largest absolute Gasteiger partial charge is 0.496 e. The summed E-state index contributed by atoms with van der Waals surface area (Å²) in [5, 5.41) is 20.7. The number of methoxy groups -OCH3 is 1. The molecule has 1 aliphatic heterocycles. The topological polar surface area (TPSA) is 103 Å². The number of carboxylic acid groups (broad SMARTS) is 1. The lowest BCUT2D eigenvalue weighted by molar-refractivity contribution is -0.134. The number of rotatable bonds is 7. The number of carbonyl (C=O) groups is 2. The lowest BCUT2D eigenvalue weighted by Crippen LogP contribution is -2.58. The highest BCUT2D eigenvalue weighted by molar-refractivity contribution is 7.99. The van der Waals surface area contributed by atoms with Gasteiger partial charge in [0.05, 0.1) is 19.7 Å². The average Bonchev–Trinajstić information content (AvgIpc) is 3.04. The normalized spacial score (nSPS) is 20.3. The molecular formula is C19H24FN3O4S. The van der Waals surface area contributed by atoms with Gasteiger partial charge in [-0.05, 0) is 19.9 Å². The molecule has 2 N–H and O–H groups in total. The van der Waals surface area contributed by atoms with Crippen molar-refractivity contribution >= 4 is 23.8 Å². The number of hydrogen-bond donors (Lipinski definition) is 2. The summed E-state index contributed by atoms with van der Waals surface area (Å²) in [4.78, 5) is 25.5. The second-order valence-corrected chi connectivity index (χ2v) is 8.68. The Bertz CT molecular complexity index is 768. The number of thioether (sulfide) groups is 1. The highest BCUT2D eigenvalue weighted by Gasteiger charge is 2.44. The van der Waals surface area contributed by atoms with Crippen LogP contribution in [0.3, 0.4) is 0 Å². The van der Waals surface area contributed by atoms with Gasteiger partial charge in [-0.25, -0.2) is 9.18 Å². The third-order valence-electron chi connectivity index (χ3n) is 4.68. The van der Waals surface area contributed by atoms with Gasteiger partial charge in [0.25, 0.3) is 0 Å². The Morgan fingerprint density at radius 3 is 2.79 bits per heavy atom. The van der Waals surface area contributed by atoms with E-state index in [0.717, 1.165) is 10.5 Å². The average molecular weight is 409 g/mol. The second kappa shape index (κ2) is 9.15. The zero-order chi connectivity index (χ0) is 20.9. The molecule has 7 nitrogen and oxygen atoms in total. The van der Waals surface area contributed by atoms with Crippen LogP contribution in [0.2, 0.25) is 0 Å². The van der Waals surface area contributed by atoms with Crippen molar-refractivity contribution < 1.29 is 23.8 Å². The van der Waals surface area contributed by atoms with Crippen LogP contribution in [-0.4, -0.2) is 58.7 Å². The number of benzene rings is 1. The highest BCUT2D eigenvalue weighted by Crippen LogP contribution is 2.35. The number of amides is 2. The van der Waals surface area contributed by atoms with Crippen molar-refractivity contribution in [2.45, 2.75) is 49.0 Å². The molecule has 0 spiro atoms. The van der Waals surface area contributed by atoms with Crippen LogP contribution in [0, 0.1) is 11.3 Å². The van der Waals surface area contributed by atoms with E-state index in [4.69, 9.17) is 4.74 Å². The van der Waals surface area contributed by atoms with Crippen LogP contribution in [-0.2, 0) is 10.5 Å². The SMILES string of the molecule is COc1ccccc1CSC(C)(C)[C@H](NC(=O)O)C(=O)N1C[C@@H](F)C[C@H]1C#N. The summed E-state index contributed by atoms with van der Waals surface area (Å²) in [5.41, 5.74) is 0.907. The first-order chi connectivity index (χ1) is 13.2. The number of hydrogen-bond acceptors (Lipinski definition) is 5. The summed E-state index contributed by atoms with van der Waals surface area (Å²) in [5.74, 6) is 0.589. The molecule has 1 heterocycles. The van der Waals surface area contributed by atoms with Gasteiger partial charge >= 0.3 is 6.09 Å². The van der Waals surface area contributed by atoms with Crippen molar-refractivity contribution in [2.75, 3.05) is 13.7 Å². The molecule has 0 saturated carbocycles. The number of nitrogens with zero attached hydrogens (tertiary/aromatic N) is 2. The van der Waals surface area contributed by atoms with Gasteiger partial charge in [0.15, 0.2) is 0 Å². The fourth-order valence-corrected chi connectivity index (χ4v) is 4.23. The Morgan fingerprint density at radius 2 is 2.18 bits per heavy atom. The van der Waals surface area contributed by atoms with Crippen molar-refractivity contribution in [3.63, 3.8) is 0 Å². The predicted molar refractivity (Wildman–Crippen MR) is 104 cm³/mol. The number of nitrogens with one attached hydrogen (secondary N) is 1. The summed E-state index contributed by atoms with van der Waals surface area (Å²) in [6, 6.07) is 7.33. The maximum absolute atomic E-state index is 13.7. The zero-order valence-corrected chi connectivity index (χ0v) is 16.8. The number of likely N-dealkylation sites (tertiary alicyclic amines) is 1. The third-order valence-corrected chi connectivity index (χ3v) is 6.12. The highest BCUT2D eigenvalue weighted by atomic mass is 32.2. The van der Waals surface area contributed by atoms with Gasteiger partial charge in [0.1, 0.15) is 24.0 Å². The van der Waals surface area contributed by atoms with E-state index in [0.29, 0.717) is 11.5 Å². The van der Waals surface area contributed by atoms with E-state index in [1.807, 2.05) is 30.3 Å². The van der Waals surface area contributed by atoms with Gasteiger partial charge in [-0.2, -0.15) is 5.26 Å². The predicted octanol–water partition coefficient (Wildman–Crippen LogP) is 2.81. The molecule has 2 amide bonds. The summed E-state index contributed by atoms with van der Waals surface area (Å²) < 4.78 is 18.2. The van der Waals surface area contributed by atoms with Crippen LogP contribution in [0.1, 0.15) is 25.8 Å². The minimum atomic E-state index is -1.35. The van der Waals surface area contributed by atoms with Crippen LogP contribution in [0.15, 0.2) is 24.3 Å². The van der Waals surface area contributed by atoms with E-state index < -0.39 is 35.0 Å². The molecule has 2 rings (SSSR count). The summed E-state index contributed by atoms with van der Waals surface area (Å²) in [6.07, 6.45) is -2.70. The molecule has 0 unspecified atom stereocenters. The van der Waals surface area contributed by atoms with Crippen molar-refractivity contribution in [2.24, 2.45) is 0 Å². The minimum absolute atomic E-state index is 0.0587. The van der Waals surface area contributed by atoms with Gasteiger partial charge in [-0.3, -0.25) is 4.79 Å². The van der Waals surface area contributed by atoms with Crippen LogP contribution in [0.4, 0.5) is 9.18 Å². The molecular weight excluding hydrogens is 385 g/mol. The molecule has 1 saturated heterocycles. The Hall–Kier alpha value is -2.47. The number of alkyl halides is 1. The second-order valence-electron chi connectivity index (χ2n) is 7.05. The number of ether oxygens (including phenoxy) is 1.